The first-order valence-electron chi connectivity index (χ1n) is 8.07. The van der Waals surface area contributed by atoms with Crippen molar-refractivity contribution in [3.8, 4) is 0 Å². The van der Waals surface area contributed by atoms with Crippen LogP contribution < -0.4 is 5.32 Å². The highest BCUT2D eigenvalue weighted by atomic mass is 32.2. The van der Waals surface area contributed by atoms with E-state index in [0.29, 0.717) is 11.4 Å². The minimum Gasteiger partial charge on any atom is -0.342 e. The summed E-state index contributed by atoms with van der Waals surface area (Å²) in [5.41, 5.74) is 2.77. The van der Waals surface area contributed by atoms with Crippen LogP contribution in [-0.4, -0.2) is 20.6 Å². The number of nitrogens with zero attached hydrogens (tertiary/aromatic N) is 2. The van der Waals surface area contributed by atoms with Crippen LogP contribution in [0.2, 0.25) is 0 Å². The molecule has 2 aromatic carbocycles. The maximum atomic E-state index is 11.8. The summed E-state index contributed by atoms with van der Waals surface area (Å²) in [5.74, 6) is -0.391. The summed E-state index contributed by atoms with van der Waals surface area (Å²) >= 11 is 0.883. The van der Waals surface area contributed by atoms with Gasteiger partial charge < -0.3 is 4.57 Å². The highest BCUT2D eigenvalue weighted by Gasteiger charge is 2.25. The highest BCUT2D eigenvalue weighted by molar-refractivity contribution is 8.18. The van der Waals surface area contributed by atoms with Crippen LogP contribution in [0, 0.1) is 10.1 Å². The molecule has 0 bridgehead atoms. The number of amides is 2. The maximum Gasteiger partial charge on any atom is 0.290 e. The third-order valence-electron chi connectivity index (χ3n) is 4.25. The van der Waals surface area contributed by atoms with Crippen LogP contribution in [0.3, 0.4) is 0 Å². The van der Waals surface area contributed by atoms with Crippen molar-refractivity contribution in [1.29, 1.82) is 0 Å². The first-order valence-corrected chi connectivity index (χ1v) is 8.89. The van der Waals surface area contributed by atoms with Crippen molar-refractivity contribution in [1.82, 2.24) is 9.88 Å². The number of nitro groups is 1. The second-order valence-electron chi connectivity index (χ2n) is 6.01. The van der Waals surface area contributed by atoms with Crippen LogP contribution in [0.1, 0.15) is 11.1 Å². The number of thioether (sulfide) groups is 1. The molecule has 1 N–H and O–H groups in total. The van der Waals surface area contributed by atoms with Gasteiger partial charge in [-0.05, 0) is 29.5 Å². The van der Waals surface area contributed by atoms with Gasteiger partial charge in [0.2, 0.25) is 0 Å². The number of rotatable bonds is 4. The molecule has 1 saturated heterocycles. The molecule has 0 spiro atoms. The van der Waals surface area contributed by atoms with Gasteiger partial charge in [-0.1, -0.05) is 30.3 Å². The zero-order valence-corrected chi connectivity index (χ0v) is 14.7. The molecule has 1 aliphatic rings. The predicted octanol–water partition coefficient (Wildman–Crippen LogP) is 3.92. The van der Waals surface area contributed by atoms with Crippen LogP contribution in [0.15, 0.2) is 59.6 Å². The Bertz CT molecular complexity index is 1120. The van der Waals surface area contributed by atoms with E-state index in [9.17, 15) is 19.7 Å². The number of hydrogen-bond donors (Lipinski definition) is 1. The largest absolute Gasteiger partial charge is 0.342 e. The van der Waals surface area contributed by atoms with Crippen LogP contribution in [-0.2, 0) is 11.3 Å². The maximum absolute atomic E-state index is 11.8. The van der Waals surface area contributed by atoms with E-state index >= 15 is 0 Å². The molecule has 0 radical (unpaired) electrons. The summed E-state index contributed by atoms with van der Waals surface area (Å²) in [6, 6.07) is 14.2. The Morgan fingerprint density at radius 3 is 2.52 bits per heavy atom. The number of fused-ring (bicyclic) bond motifs is 1. The molecule has 0 aliphatic carbocycles. The predicted molar refractivity (Wildman–Crippen MR) is 103 cm³/mol. The summed E-state index contributed by atoms with van der Waals surface area (Å²) in [7, 11) is 0. The summed E-state index contributed by atoms with van der Waals surface area (Å²) in [4.78, 5) is 33.9. The highest BCUT2D eigenvalue weighted by Crippen LogP contribution is 2.30. The van der Waals surface area contributed by atoms with Gasteiger partial charge >= 0.3 is 0 Å². The fourth-order valence-corrected chi connectivity index (χ4v) is 3.68. The molecule has 7 nitrogen and oxygen atoms in total. The quantitative estimate of drug-likeness (QED) is 0.421. The smallest absolute Gasteiger partial charge is 0.290 e. The van der Waals surface area contributed by atoms with Crippen molar-refractivity contribution in [2.75, 3.05) is 0 Å². The molecular formula is C19H13N3O4S. The first kappa shape index (κ1) is 17.0. The molecule has 27 heavy (non-hydrogen) atoms. The van der Waals surface area contributed by atoms with Crippen molar-refractivity contribution >= 4 is 45.6 Å². The van der Waals surface area contributed by atoms with E-state index in [1.54, 1.807) is 18.2 Å². The van der Waals surface area contributed by atoms with Gasteiger partial charge in [-0.3, -0.25) is 25.0 Å². The average molecular weight is 379 g/mol. The molecule has 4 rings (SSSR count). The zero-order chi connectivity index (χ0) is 19.0. The van der Waals surface area contributed by atoms with Gasteiger partial charge in [0, 0.05) is 41.3 Å². The Kier molecular flexibility index (Phi) is 4.25. The fraction of sp³-hybridized carbons (Fsp3) is 0.0526. The second kappa shape index (κ2) is 6.73. The van der Waals surface area contributed by atoms with Crippen molar-refractivity contribution < 1.29 is 14.5 Å². The summed E-state index contributed by atoms with van der Waals surface area (Å²) in [5, 5.41) is 13.6. The van der Waals surface area contributed by atoms with Crippen molar-refractivity contribution in [3.63, 3.8) is 0 Å². The number of imide groups is 1. The molecule has 0 atom stereocenters. The normalized spacial score (nSPS) is 15.5. The molecule has 0 saturated carbocycles. The topological polar surface area (TPSA) is 94.2 Å². The standard InChI is InChI=1S/C19H13N3O4S/c23-18-17(27-19(24)20-18)9-13-11-21(16-4-2-1-3-15(13)16)10-12-5-7-14(8-6-12)22(25)26/h1-9,11H,10H2,(H,20,23,24). The van der Waals surface area contributed by atoms with E-state index < -0.39 is 10.8 Å². The molecule has 2 amide bonds. The third-order valence-corrected chi connectivity index (χ3v) is 5.06. The van der Waals surface area contributed by atoms with Gasteiger partial charge in [0.1, 0.15) is 0 Å². The first-order chi connectivity index (χ1) is 13.0. The Balaban J connectivity index is 1.72. The number of nitrogens with one attached hydrogen (secondary N) is 1. The lowest BCUT2D eigenvalue weighted by Gasteiger charge is -2.05. The number of carbonyl (C=O) groups excluding carboxylic acids is 2. The summed E-state index contributed by atoms with van der Waals surface area (Å²) in [6.07, 6.45) is 3.62. The van der Waals surface area contributed by atoms with Gasteiger partial charge in [-0.15, -0.1) is 0 Å². The second-order valence-corrected chi connectivity index (χ2v) is 7.02. The molecule has 1 aliphatic heterocycles. The lowest BCUT2D eigenvalue weighted by molar-refractivity contribution is -0.384. The number of hydrogen-bond acceptors (Lipinski definition) is 5. The number of non-ortho nitro benzene ring substituents is 1. The molecule has 1 aromatic heterocycles. The molecule has 1 fully saturated rings. The van der Waals surface area contributed by atoms with Crippen molar-refractivity contribution in [2.24, 2.45) is 0 Å². The minimum absolute atomic E-state index is 0.0514. The number of aromatic nitrogens is 1. The molecule has 2 heterocycles. The zero-order valence-electron chi connectivity index (χ0n) is 13.9. The molecular weight excluding hydrogens is 366 g/mol. The Morgan fingerprint density at radius 1 is 1.11 bits per heavy atom. The number of carbonyl (C=O) groups is 2. The van der Waals surface area contributed by atoms with E-state index in [1.807, 2.05) is 35.0 Å². The summed E-state index contributed by atoms with van der Waals surface area (Å²) < 4.78 is 2.02. The minimum atomic E-state index is -0.426. The van der Waals surface area contributed by atoms with E-state index in [1.165, 1.54) is 12.1 Å². The van der Waals surface area contributed by atoms with E-state index in [-0.39, 0.29) is 10.9 Å². The molecule has 134 valence electrons. The summed E-state index contributed by atoms with van der Waals surface area (Å²) in [6.45, 7) is 0.528. The van der Waals surface area contributed by atoms with Gasteiger partial charge in [-0.2, -0.15) is 0 Å². The average Bonchev–Trinajstić information content (AvgIpc) is 3.15. The van der Waals surface area contributed by atoms with Crippen LogP contribution >= 0.6 is 11.8 Å². The molecule has 8 heteroatoms. The van der Waals surface area contributed by atoms with Gasteiger partial charge in [0.15, 0.2) is 0 Å². The van der Waals surface area contributed by atoms with E-state index in [4.69, 9.17) is 0 Å². The van der Waals surface area contributed by atoms with E-state index in [2.05, 4.69) is 5.32 Å². The van der Waals surface area contributed by atoms with Crippen LogP contribution in [0.4, 0.5) is 10.5 Å². The number of benzene rings is 2. The van der Waals surface area contributed by atoms with Gasteiger partial charge in [-0.25, -0.2) is 0 Å². The SMILES string of the molecule is O=C1NC(=O)C(=Cc2cn(Cc3ccc([N+](=O)[O-])cc3)c3ccccc23)S1. The van der Waals surface area contributed by atoms with Crippen LogP contribution in [0.5, 0.6) is 0 Å². The van der Waals surface area contributed by atoms with Crippen molar-refractivity contribution in [3.05, 3.63) is 80.9 Å². The molecule has 3 aromatic rings. The fourth-order valence-electron chi connectivity index (χ4n) is 3.00. The Hall–Kier alpha value is -3.39. The van der Waals surface area contributed by atoms with Crippen molar-refractivity contribution in [2.45, 2.75) is 6.54 Å². The lowest BCUT2D eigenvalue weighted by atomic mass is 10.1. The third kappa shape index (κ3) is 3.34. The Labute approximate surface area is 157 Å². The Morgan fingerprint density at radius 2 is 1.85 bits per heavy atom. The number of nitro benzene ring substituents is 1. The van der Waals surface area contributed by atoms with Crippen LogP contribution in [0.25, 0.3) is 17.0 Å². The van der Waals surface area contributed by atoms with Gasteiger partial charge in [0.05, 0.1) is 9.83 Å². The van der Waals surface area contributed by atoms with Gasteiger partial charge in [0.25, 0.3) is 16.8 Å². The monoisotopic (exact) mass is 379 g/mol. The number of para-hydroxylation sites is 1. The molecule has 0 unspecified atom stereocenters. The van der Waals surface area contributed by atoms with E-state index in [0.717, 1.165) is 33.8 Å². The lowest BCUT2D eigenvalue weighted by Crippen LogP contribution is -2.17.